The molecule has 2 aromatic rings. The third-order valence-electron chi connectivity index (χ3n) is 5.89. The second-order valence-electron chi connectivity index (χ2n) is 7.95. The van der Waals surface area contributed by atoms with E-state index in [9.17, 15) is 10.1 Å². The first-order chi connectivity index (χ1) is 13.1. The fraction of sp³-hybridized carbons (Fsp3) is 0.524. The number of aromatic nitrogens is 3. The van der Waals surface area contributed by atoms with Crippen LogP contribution in [-0.4, -0.2) is 20.9 Å². The van der Waals surface area contributed by atoms with Gasteiger partial charge in [0.05, 0.1) is 18.3 Å². The van der Waals surface area contributed by atoms with Crippen LogP contribution in [0.4, 0.5) is 0 Å². The predicted molar refractivity (Wildman–Crippen MR) is 101 cm³/mol. The van der Waals surface area contributed by atoms with Gasteiger partial charge >= 0.3 is 0 Å². The summed E-state index contributed by atoms with van der Waals surface area (Å²) >= 11 is 0. The molecule has 140 valence electrons. The number of benzene rings is 1. The molecule has 1 aromatic carbocycles. The lowest BCUT2D eigenvalue weighted by atomic mass is 9.82. The zero-order chi connectivity index (χ0) is 18.9. The van der Waals surface area contributed by atoms with Crippen LogP contribution in [-0.2, 0) is 5.54 Å². The van der Waals surface area contributed by atoms with Gasteiger partial charge < -0.3 is 5.32 Å². The van der Waals surface area contributed by atoms with E-state index in [1.165, 1.54) is 19.3 Å². The molecule has 4 rings (SSSR count). The van der Waals surface area contributed by atoms with Crippen LogP contribution in [0.5, 0.6) is 0 Å². The van der Waals surface area contributed by atoms with Crippen molar-refractivity contribution in [2.24, 2.45) is 5.92 Å². The van der Waals surface area contributed by atoms with Crippen molar-refractivity contribution in [1.29, 1.82) is 5.26 Å². The molecule has 0 saturated heterocycles. The van der Waals surface area contributed by atoms with Gasteiger partial charge in [-0.3, -0.25) is 4.79 Å². The second kappa shape index (κ2) is 7.15. The second-order valence-corrected chi connectivity index (χ2v) is 7.95. The van der Waals surface area contributed by atoms with E-state index < -0.39 is 5.54 Å². The summed E-state index contributed by atoms with van der Waals surface area (Å²) in [6, 6.07) is 9.81. The molecule has 1 N–H and O–H groups in total. The number of aryl methyl sites for hydroxylation is 1. The summed E-state index contributed by atoms with van der Waals surface area (Å²) in [6.45, 7) is 1.98. The van der Waals surface area contributed by atoms with Gasteiger partial charge in [0.1, 0.15) is 5.69 Å². The lowest BCUT2D eigenvalue weighted by Gasteiger charge is -2.29. The summed E-state index contributed by atoms with van der Waals surface area (Å²) in [4.78, 5) is 12.9. The maximum Gasteiger partial charge on any atom is 0.251 e. The van der Waals surface area contributed by atoms with Gasteiger partial charge in [0, 0.05) is 5.56 Å². The van der Waals surface area contributed by atoms with Crippen molar-refractivity contribution in [1.82, 2.24) is 20.3 Å². The van der Waals surface area contributed by atoms with Crippen molar-refractivity contribution >= 4 is 5.91 Å². The maximum atomic E-state index is 12.9. The van der Waals surface area contributed by atoms with Gasteiger partial charge in [-0.05, 0) is 50.7 Å². The molecule has 1 unspecified atom stereocenters. The molecule has 0 bridgehead atoms. The van der Waals surface area contributed by atoms with Gasteiger partial charge in [-0.25, -0.2) is 4.68 Å². The van der Waals surface area contributed by atoms with E-state index in [1.807, 2.05) is 37.4 Å². The Morgan fingerprint density at radius 1 is 1.33 bits per heavy atom. The highest BCUT2D eigenvalue weighted by atomic mass is 16.1. The number of hydrogen-bond acceptors (Lipinski definition) is 4. The van der Waals surface area contributed by atoms with Gasteiger partial charge in [0.25, 0.3) is 5.91 Å². The summed E-state index contributed by atoms with van der Waals surface area (Å²) in [6.07, 6.45) is 9.26. The molecule has 1 aromatic heterocycles. The fourth-order valence-electron chi connectivity index (χ4n) is 4.05. The molecule has 0 aliphatic heterocycles. The van der Waals surface area contributed by atoms with E-state index in [0.29, 0.717) is 11.5 Å². The minimum atomic E-state index is -0.525. The van der Waals surface area contributed by atoms with Crippen molar-refractivity contribution in [3.63, 3.8) is 0 Å². The average molecular weight is 363 g/mol. The quantitative estimate of drug-likeness (QED) is 0.879. The number of nitrogens with one attached hydrogen (secondary N) is 1. The first kappa shape index (κ1) is 17.7. The van der Waals surface area contributed by atoms with Gasteiger partial charge in [0.2, 0.25) is 0 Å². The number of nitriles is 1. The molecule has 2 saturated carbocycles. The molecule has 1 heterocycles. The molecule has 2 aliphatic carbocycles. The van der Waals surface area contributed by atoms with Crippen molar-refractivity contribution in [2.75, 3.05) is 0 Å². The lowest BCUT2D eigenvalue weighted by Crippen LogP contribution is -2.34. The smallest absolute Gasteiger partial charge is 0.251 e. The molecule has 0 radical (unpaired) electrons. The Labute approximate surface area is 159 Å². The van der Waals surface area contributed by atoms with Crippen LogP contribution in [0.2, 0.25) is 0 Å². The summed E-state index contributed by atoms with van der Waals surface area (Å²) in [7, 11) is 0. The van der Waals surface area contributed by atoms with Crippen LogP contribution < -0.4 is 5.32 Å². The summed E-state index contributed by atoms with van der Waals surface area (Å²) < 4.78 is 1.69. The Morgan fingerprint density at radius 2 is 2.11 bits per heavy atom. The minimum absolute atomic E-state index is 0.0785. The van der Waals surface area contributed by atoms with Crippen LogP contribution in [0.15, 0.2) is 30.5 Å². The van der Waals surface area contributed by atoms with E-state index in [4.69, 9.17) is 0 Å². The first-order valence-corrected chi connectivity index (χ1v) is 9.83. The zero-order valence-electron chi connectivity index (χ0n) is 15.7. The van der Waals surface area contributed by atoms with Gasteiger partial charge in [-0.2, -0.15) is 5.26 Å². The molecule has 1 amide bonds. The van der Waals surface area contributed by atoms with Gasteiger partial charge in [-0.15, -0.1) is 5.10 Å². The predicted octanol–water partition coefficient (Wildman–Crippen LogP) is 3.65. The number of hydrogen-bond donors (Lipinski definition) is 1. The van der Waals surface area contributed by atoms with Crippen molar-refractivity contribution in [2.45, 2.75) is 63.5 Å². The van der Waals surface area contributed by atoms with Crippen molar-refractivity contribution < 1.29 is 4.79 Å². The van der Waals surface area contributed by atoms with E-state index >= 15 is 0 Å². The van der Waals surface area contributed by atoms with Crippen molar-refractivity contribution in [3.05, 3.63) is 47.3 Å². The van der Waals surface area contributed by atoms with Crippen LogP contribution >= 0.6 is 0 Å². The normalized spacial score (nSPS) is 19.9. The van der Waals surface area contributed by atoms with Crippen LogP contribution in [0.1, 0.15) is 72.6 Å². The third kappa shape index (κ3) is 3.59. The Bertz CT molecular complexity index is 871. The zero-order valence-corrected chi connectivity index (χ0v) is 15.7. The van der Waals surface area contributed by atoms with Crippen LogP contribution in [0, 0.1) is 24.2 Å². The molecular formula is C21H25N5O. The summed E-state index contributed by atoms with van der Waals surface area (Å²) in [5, 5.41) is 21.2. The number of rotatable bonds is 5. The highest BCUT2D eigenvalue weighted by Gasteiger charge is 2.47. The van der Waals surface area contributed by atoms with E-state index in [-0.39, 0.29) is 11.9 Å². The minimum Gasteiger partial charge on any atom is -0.343 e. The van der Waals surface area contributed by atoms with E-state index in [1.54, 1.807) is 4.68 Å². The Morgan fingerprint density at radius 3 is 2.78 bits per heavy atom. The molecule has 1 atom stereocenters. The molecule has 6 nitrogen and oxygen atoms in total. The number of carbonyl (C=O) groups excluding carboxylic acids is 1. The molecule has 27 heavy (non-hydrogen) atoms. The molecule has 6 heteroatoms. The van der Waals surface area contributed by atoms with Crippen LogP contribution in [0.25, 0.3) is 0 Å². The SMILES string of the molecule is Cc1cccc(C(=O)NC(c2cn(C3(C#N)CC3)nn2)C2CCCCC2)c1. The van der Waals surface area contributed by atoms with Gasteiger partial charge in [-0.1, -0.05) is 42.2 Å². The Balaban J connectivity index is 1.59. The molecular weight excluding hydrogens is 338 g/mol. The van der Waals surface area contributed by atoms with E-state index in [2.05, 4.69) is 21.7 Å². The highest BCUT2D eigenvalue weighted by molar-refractivity contribution is 5.94. The highest BCUT2D eigenvalue weighted by Crippen LogP contribution is 2.42. The van der Waals surface area contributed by atoms with Gasteiger partial charge in [0.15, 0.2) is 5.54 Å². The summed E-state index contributed by atoms with van der Waals surface area (Å²) in [5.74, 6) is 0.278. The number of nitrogens with zero attached hydrogens (tertiary/aromatic N) is 4. The molecule has 0 spiro atoms. The Hall–Kier alpha value is -2.68. The van der Waals surface area contributed by atoms with E-state index in [0.717, 1.165) is 36.9 Å². The van der Waals surface area contributed by atoms with Crippen molar-refractivity contribution in [3.8, 4) is 6.07 Å². The lowest BCUT2D eigenvalue weighted by molar-refractivity contribution is 0.0910. The third-order valence-corrected chi connectivity index (χ3v) is 5.89. The Kier molecular flexibility index (Phi) is 4.69. The first-order valence-electron chi connectivity index (χ1n) is 9.83. The largest absolute Gasteiger partial charge is 0.343 e. The number of amides is 1. The number of carbonyl (C=O) groups is 1. The topological polar surface area (TPSA) is 83.6 Å². The molecule has 2 aliphatic rings. The average Bonchev–Trinajstić information content (AvgIpc) is 3.35. The maximum absolute atomic E-state index is 12.9. The molecule has 2 fully saturated rings. The van der Waals surface area contributed by atoms with Crippen LogP contribution in [0.3, 0.4) is 0 Å². The standard InChI is InChI=1S/C21H25N5O/c1-15-6-5-9-17(12-15)20(27)23-19(16-7-3-2-4-8-16)18-13-26(25-24-18)21(14-22)10-11-21/h5-6,9,12-13,16,19H,2-4,7-8,10-11H2,1H3,(H,23,27). The summed E-state index contributed by atoms with van der Waals surface area (Å²) in [5.41, 5.74) is 1.97. The fourth-order valence-corrected chi connectivity index (χ4v) is 4.05. The monoisotopic (exact) mass is 363 g/mol.